The first-order valence-corrected chi connectivity index (χ1v) is 9.60. The minimum absolute atomic E-state index is 0. The summed E-state index contributed by atoms with van der Waals surface area (Å²) in [5.41, 5.74) is 4.04. The van der Waals surface area contributed by atoms with Gasteiger partial charge in [0, 0.05) is 19.6 Å². The number of amides is 1. The molecule has 0 radical (unpaired) electrons. The van der Waals surface area contributed by atoms with Gasteiger partial charge in [-0.15, -0.1) is 12.4 Å². The van der Waals surface area contributed by atoms with Crippen LogP contribution in [0.4, 0.5) is 8.78 Å². The van der Waals surface area contributed by atoms with Crippen molar-refractivity contribution in [1.29, 1.82) is 0 Å². The molecule has 2 aromatic carbocycles. The third-order valence-corrected chi connectivity index (χ3v) is 5.64. The first kappa shape index (κ1) is 21.3. The Labute approximate surface area is 162 Å². The van der Waals surface area contributed by atoms with Gasteiger partial charge in [-0.25, -0.2) is 8.42 Å². The maximum absolute atomic E-state index is 12.5. The van der Waals surface area contributed by atoms with Gasteiger partial charge in [-0.1, -0.05) is 30.3 Å². The van der Waals surface area contributed by atoms with Crippen LogP contribution in [0.5, 0.6) is 0 Å². The molecule has 1 heterocycles. The number of sulfone groups is 1. The van der Waals surface area contributed by atoms with E-state index >= 15 is 0 Å². The Kier molecular flexibility index (Phi) is 6.91. The molecule has 1 aliphatic rings. The highest BCUT2D eigenvalue weighted by atomic mass is 35.5. The first-order chi connectivity index (χ1) is 12.4. The number of nitrogens with one attached hydrogen (secondary N) is 2. The summed E-state index contributed by atoms with van der Waals surface area (Å²) in [6, 6.07) is 11.0. The summed E-state index contributed by atoms with van der Waals surface area (Å²) in [6.45, 7) is 2.08. The van der Waals surface area contributed by atoms with Crippen molar-refractivity contribution in [3.63, 3.8) is 0 Å². The number of rotatable bonds is 6. The average Bonchev–Trinajstić information content (AvgIpc) is 3.08. The molecule has 0 bridgehead atoms. The summed E-state index contributed by atoms with van der Waals surface area (Å²) >= 11 is 0. The number of benzene rings is 2. The van der Waals surface area contributed by atoms with Crippen LogP contribution in [-0.2, 0) is 40.7 Å². The van der Waals surface area contributed by atoms with E-state index in [1.165, 1.54) is 23.3 Å². The number of hydrogen-bond donors (Lipinski definition) is 2. The standard InChI is InChI=1S/C18H18F2N2O3S.ClH/c19-18(20)26(24,25)16-5-2-12(3-6-16)8-17(23)22-9-13-1-4-14-10-21-11-15(14)7-13;/h1-7,18,21H,8-11H2,(H,22,23);1H. The van der Waals surface area contributed by atoms with Crippen molar-refractivity contribution in [1.82, 2.24) is 10.6 Å². The molecule has 0 aliphatic carbocycles. The van der Waals surface area contributed by atoms with Gasteiger partial charge in [0.25, 0.3) is 0 Å². The van der Waals surface area contributed by atoms with Gasteiger partial charge >= 0.3 is 5.76 Å². The fraction of sp³-hybridized carbons (Fsp3) is 0.278. The molecule has 1 amide bonds. The van der Waals surface area contributed by atoms with Gasteiger partial charge in [0.2, 0.25) is 15.7 Å². The van der Waals surface area contributed by atoms with Crippen LogP contribution in [0.15, 0.2) is 47.4 Å². The third-order valence-electron chi connectivity index (χ3n) is 4.24. The van der Waals surface area contributed by atoms with Gasteiger partial charge in [0.15, 0.2) is 0 Å². The molecule has 2 aromatic rings. The van der Waals surface area contributed by atoms with Crippen molar-refractivity contribution in [2.24, 2.45) is 0 Å². The second-order valence-electron chi connectivity index (χ2n) is 6.11. The highest BCUT2D eigenvalue weighted by Gasteiger charge is 2.26. The SMILES string of the molecule is Cl.O=C(Cc1ccc(S(=O)(=O)C(F)F)cc1)NCc1ccc2c(c1)CNC2. The molecule has 1 aliphatic heterocycles. The van der Waals surface area contributed by atoms with Crippen LogP contribution >= 0.6 is 12.4 Å². The maximum atomic E-state index is 12.5. The number of carbonyl (C=O) groups is 1. The molecule has 27 heavy (non-hydrogen) atoms. The predicted octanol–water partition coefficient (Wildman–Crippen LogP) is 2.57. The highest BCUT2D eigenvalue weighted by molar-refractivity contribution is 7.91. The zero-order chi connectivity index (χ0) is 18.7. The molecule has 146 valence electrons. The van der Waals surface area contributed by atoms with Crippen LogP contribution in [0, 0.1) is 0 Å². The van der Waals surface area contributed by atoms with Crippen LogP contribution in [0.25, 0.3) is 0 Å². The Hall–Kier alpha value is -2.03. The van der Waals surface area contributed by atoms with Gasteiger partial charge in [0.1, 0.15) is 0 Å². The lowest BCUT2D eigenvalue weighted by Gasteiger charge is -2.08. The summed E-state index contributed by atoms with van der Waals surface area (Å²) in [4.78, 5) is 11.6. The highest BCUT2D eigenvalue weighted by Crippen LogP contribution is 2.19. The Morgan fingerprint density at radius 3 is 2.33 bits per heavy atom. The largest absolute Gasteiger partial charge is 0.352 e. The van der Waals surface area contributed by atoms with Crippen molar-refractivity contribution in [3.8, 4) is 0 Å². The molecule has 2 N–H and O–H groups in total. The van der Waals surface area contributed by atoms with Gasteiger partial charge in [-0.3, -0.25) is 4.79 Å². The molecule has 0 saturated carbocycles. The third kappa shape index (κ3) is 5.03. The lowest BCUT2D eigenvalue weighted by molar-refractivity contribution is -0.120. The topological polar surface area (TPSA) is 75.3 Å². The number of hydrogen-bond acceptors (Lipinski definition) is 4. The van der Waals surface area contributed by atoms with Crippen LogP contribution in [-0.4, -0.2) is 20.1 Å². The lowest BCUT2D eigenvalue weighted by Crippen LogP contribution is -2.24. The molecule has 0 aromatic heterocycles. The van der Waals surface area contributed by atoms with Crippen LogP contribution in [0.2, 0.25) is 0 Å². The summed E-state index contributed by atoms with van der Waals surface area (Å²) in [6.07, 6.45) is 0.0432. The second-order valence-corrected chi connectivity index (χ2v) is 8.03. The number of fused-ring (bicyclic) bond motifs is 1. The zero-order valence-electron chi connectivity index (χ0n) is 14.2. The fourth-order valence-electron chi connectivity index (χ4n) is 2.81. The minimum atomic E-state index is -4.61. The molecule has 3 rings (SSSR count). The van der Waals surface area contributed by atoms with Crippen molar-refractivity contribution in [2.45, 2.75) is 36.7 Å². The van der Waals surface area contributed by atoms with Crippen molar-refractivity contribution >= 4 is 28.2 Å². The lowest BCUT2D eigenvalue weighted by atomic mass is 10.1. The zero-order valence-corrected chi connectivity index (χ0v) is 15.9. The van der Waals surface area contributed by atoms with E-state index in [4.69, 9.17) is 0 Å². The number of alkyl halides is 2. The monoisotopic (exact) mass is 416 g/mol. The van der Waals surface area contributed by atoms with Crippen LogP contribution in [0.3, 0.4) is 0 Å². The summed E-state index contributed by atoms with van der Waals surface area (Å²) < 4.78 is 47.7. The summed E-state index contributed by atoms with van der Waals surface area (Å²) in [5, 5.41) is 6.06. The predicted molar refractivity (Wildman–Crippen MR) is 99.4 cm³/mol. The van der Waals surface area contributed by atoms with E-state index in [1.807, 2.05) is 12.1 Å². The normalized spacial score (nSPS) is 13.1. The quantitative estimate of drug-likeness (QED) is 0.759. The van der Waals surface area contributed by atoms with Gasteiger partial charge < -0.3 is 10.6 Å². The minimum Gasteiger partial charge on any atom is -0.352 e. The van der Waals surface area contributed by atoms with E-state index in [0.29, 0.717) is 12.1 Å². The molecule has 0 unspecified atom stereocenters. The Balaban J connectivity index is 0.00000261. The molecule has 9 heteroatoms. The second kappa shape index (κ2) is 8.77. The molecule has 0 spiro atoms. The van der Waals surface area contributed by atoms with Crippen molar-refractivity contribution in [3.05, 3.63) is 64.7 Å². The Morgan fingerprint density at radius 2 is 1.67 bits per heavy atom. The molecule has 0 saturated heterocycles. The molecule has 0 atom stereocenters. The molecule has 5 nitrogen and oxygen atoms in total. The van der Waals surface area contributed by atoms with E-state index in [2.05, 4.69) is 16.7 Å². The Morgan fingerprint density at radius 1 is 1.04 bits per heavy atom. The maximum Gasteiger partial charge on any atom is 0.341 e. The average molecular weight is 417 g/mol. The number of carbonyl (C=O) groups excluding carboxylic acids is 1. The van der Waals surface area contributed by atoms with E-state index in [0.717, 1.165) is 30.8 Å². The van der Waals surface area contributed by atoms with Crippen LogP contribution in [0.1, 0.15) is 22.3 Å². The van der Waals surface area contributed by atoms with Crippen molar-refractivity contribution < 1.29 is 22.0 Å². The van der Waals surface area contributed by atoms with E-state index in [9.17, 15) is 22.0 Å². The van der Waals surface area contributed by atoms with Crippen molar-refractivity contribution in [2.75, 3.05) is 0 Å². The first-order valence-electron chi connectivity index (χ1n) is 8.05. The summed E-state index contributed by atoms with van der Waals surface area (Å²) in [7, 11) is -4.61. The van der Waals surface area contributed by atoms with Gasteiger partial charge in [-0.05, 0) is 34.4 Å². The van der Waals surface area contributed by atoms with Gasteiger partial charge in [-0.2, -0.15) is 8.78 Å². The smallest absolute Gasteiger partial charge is 0.341 e. The van der Waals surface area contributed by atoms with Gasteiger partial charge in [0.05, 0.1) is 11.3 Å². The van der Waals surface area contributed by atoms with E-state index < -0.39 is 20.5 Å². The van der Waals surface area contributed by atoms with Crippen LogP contribution < -0.4 is 10.6 Å². The molecule has 0 fully saturated rings. The van der Waals surface area contributed by atoms with E-state index in [-0.39, 0.29) is 24.7 Å². The molecular formula is C18H19ClF2N2O3S. The Bertz CT molecular complexity index is 919. The van der Waals surface area contributed by atoms with E-state index in [1.54, 1.807) is 0 Å². The summed E-state index contributed by atoms with van der Waals surface area (Å²) in [5.74, 6) is -3.69. The number of halogens is 3. The fourth-order valence-corrected chi connectivity index (χ4v) is 3.53. The molecular weight excluding hydrogens is 398 g/mol.